The molecule has 0 atom stereocenters. The highest BCUT2D eigenvalue weighted by Crippen LogP contribution is 2.32. The molecule has 0 spiro atoms. The van der Waals surface area contributed by atoms with E-state index in [2.05, 4.69) is 54.5 Å². The maximum Gasteiger partial charge on any atom is 0.513 e. The summed E-state index contributed by atoms with van der Waals surface area (Å²) < 4.78 is 18.6. The number of methoxy groups -OCH3 is 2. The van der Waals surface area contributed by atoms with E-state index in [1.54, 1.807) is 24.3 Å². The van der Waals surface area contributed by atoms with Gasteiger partial charge in [0.15, 0.2) is 0 Å². The normalized spacial score (nSPS) is 9.23. The first-order chi connectivity index (χ1) is 18.6. The molecule has 3 aromatic rings. The van der Waals surface area contributed by atoms with E-state index in [-0.39, 0.29) is 5.41 Å². The van der Waals surface area contributed by atoms with E-state index in [0.717, 1.165) is 11.1 Å². The molecule has 0 radical (unpaired) electrons. The first-order valence-corrected chi connectivity index (χ1v) is 13.4. The van der Waals surface area contributed by atoms with Gasteiger partial charge in [-0.15, -0.1) is 0 Å². The highest BCUT2D eigenvalue weighted by molar-refractivity contribution is 5.64. The molecule has 0 unspecified atom stereocenters. The number of benzene rings is 3. The number of rotatable bonds is 4. The summed E-state index contributed by atoms with van der Waals surface area (Å²) in [5.74, 6) is 0.979. The Hall–Kier alpha value is -3.80. The lowest BCUT2D eigenvalue weighted by molar-refractivity contribution is 0.120. The molecule has 0 saturated carbocycles. The molecule has 0 aliphatic carbocycles. The van der Waals surface area contributed by atoms with Crippen LogP contribution in [0, 0.1) is 13.8 Å². The molecule has 0 aromatic heterocycles. The fourth-order valence-corrected chi connectivity index (χ4v) is 3.03. The average Bonchev–Trinajstić information content (AvgIpc) is 2.97. The van der Waals surface area contributed by atoms with Crippen LogP contribution in [0.4, 0.5) is 9.59 Å². The van der Waals surface area contributed by atoms with Gasteiger partial charge in [0.25, 0.3) is 0 Å². The van der Waals surface area contributed by atoms with Crippen molar-refractivity contribution in [2.45, 2.75) is 74.7 Å². The summed E-state index contributed by atoms with van der Waals surface area (Å²) in [6, 6.07) is 23.2. The fourth-order valence-electron chi connectivity index (χ4n) is 3.03. The Morgan fingerprint density at radius 1 is 0.564 bits per heavy atom. The summed E-state index contributed by atoms with van der Waals surface area (Å²) in [6.07, 6.45) is -1.40. The van der Waals surface area contributed by atoms with Crippen molar-refractivity contribution in [2.24, 2.45) is 0 Å². The molecule has 0 aliphatic rings. The highest BCUT2D eigenvalue weighted by Gasteiger charge is 2.23. The lowest BCUT2D eigenvalue weighted by atomic mass is 9.78. The van der Waals surface area contributed by atoms with E-state index < -0.39 is 12.3 Å². The van der Waals surface area contributed by atoms with Gasteiger partial charge in [0.1, 0.15) is 11.5 Å². The van der Waals surface area contributed by atoms with E-state index in [4.69, 9.17) is 9.47 Å². The Morgan fingerprint density at radius 3 is 1.38 bits per heavy atom. The predicted molar refractivity (Wildman–Crippen MR) is 161 cm³/mol. The molecule has 0 bridgehead atoms. The Morgan fingerprint density at radius 2 is 0.974 bits per heavy atom. The van der Waals surface area contributed by atoms with Gasteiger partial charge < -0.3 is 18.9 Å². The second-order valence-electron chi connectivity index (χ2n) is 7.94. The first-order valence-electron chi connectivity index (χ1n) is 13.4. The smallest absolute Gasteiger partial charge is 0.437 e. The van der Waals surface area contributed by atoms with Crippen molar-refractivity contribution in [3.05, 3.63) is 95.1 Å². The van der Waals surface area contributed by atoms with Gasteiger partial charge in [0, 0.05) is 5.41 Å². The van der Waals surface area contributed by atoms with Crippen molar-refractivity contribution in [1.29, 1.82) is 0 Å². The van der Waals surface area contributed by atoms with Crippen LogP contribution in [-0.2, 0) is 14.9 Å². The van der Waals surface area contributed by atoms with E-state index in [1.165, 1.54) is 25.3 Å². The zero-order valence-electron chi connectivity index (χ0n) is 25.9. The summed E-state index contributed by atoms with van der Waals surface area (Å²) in [5.41, 5.74) is 4.57. The summed E-state index contributed by atoms with van der Waals surface area (Å²) >= 11 is 0. The number of hydrogen-bond donors (Lipinski definition) is 0. The minimum atomic E-state index is -0.708. The summed E-state index contributed by atoms with van der Waals surface area (Å²) in [7, 11) is 2.56. The molecule has 0 saturated heterocycles. The molecule has 6 heteroatoms. The standard InChI is InChI=1S/C18H20O3.C9H10O3.3C2H6/c1-13-5-7-14(8-6-13)18(2,3)15-9-11-16(12-10-15)21-17(19)20-4;1-7-4-3-5-8(6-7)12-9(10)11-2;3*1-2/h5-12H,1-4H3;3-6H,1-2H3;3*1-2H3. The van der Waals surface area contributed by atoms with E-state index in [9.17, 15) is 9.59 Å². The molecule has 0 amide bonds. The van der Waals surface area contributed by atoms with Crippen LogP contribution in [0.5, 0.6) is 11.5 Å². The lowest BCUT2D eigenvalue weighted by Gasteiger charge is -2.26. The van der Waals surface area contributed by atoms with E-state index >= 15 is 0 Å². The Kier molecular flexibility index (Phi) is 20.3. The molecule has 39 heavy (non-hydrogen) atoms. The molecule has 0 aliphatic heterocycles. The van der Waals surface area contributed by atoms with Crippen molar-refractivity contribution >= 4 is 12.3 Å². The highest BCUT2D eigenvalue weighted by atomic mass is 16.7. The number of carbonyl (C=O) groups excluding carboxylic acids is 2. The predicted octanol–water partition coefficient (Wildman–Crippen LogP) is 9.68. The van der Waals surface area contributed by atoms with E-state index in [0.29, 0.717) is 11.5 Å². The fraction of sp³-hybridized carbons (Fsp3) is 0.394. The van der Waals surface area contributed by atoms with Gasteiger partial charge in [-0.3, -0.25) is 0 Å². The van der Waals surface area contributed by atoms with Crippen molar-refractivity contribution < 1.29 is 28.5 Å². The molecule has 0 N–H and O–H groups in total. The molecule has 216 valence electrons. The summed E-state index contributed by atoms with van der Waals surface area (Å²) in [5, 5.41) is 0. The number of aryl methyl sites for hydroxylation is 2. The maximum atomic E-state index is 11.1. The van der Waals surface area contributed by atoms with Gasteiger partial charge in [-0.05, 0) is 54.8 Å². The van der Waals surface area contributed by atoms with Crippen LogP contribution >= 0.6 is 0 Å². The van der Waals surface area contributed by atoms with Crippen LogP contribution in [0.15, 0.2) is 72.8 Å². The summed E-state index contributed by atoms with van der Waals surface area (Å²) in [4.78, 5) is 21.7. The van der Waals surface area contributed by atoms with Gasteiger partial charge in [-0.2, -0.15) is 0 Å². The molecular formula is C33H48O6. The lowest BCUT2D eigenvalue weighted by Crippen LogP contribution is -2.18. The minimum absolute atomic E-state index is 0.114. The summed E-state index contributed by atoms with van der Waals surface area (Å²) in [6.45, 7) is 20.3. The average molecular weight is 541 g/mol. The Balaban J connectivity index is 0. The van der Waals surface area contributed by atoms with Crippen molar-refractivity contribution in [3.63, 3.8) is 0 Å². The molecule has 3 rings (SSSR count). The minimum Gasteiger partial charge on any atom is -0.437 e. The number of hydrogen-bond acceptors (Lipinski definition) is 6. The topological polar surface area (TPSA) is 71.1 Å². The van der Waals surface area contributed by atoms with Crippen LogP contribution < -0.4 is 9.47 Å². The first kappa shape index (κ1) is 37.4. The van der Waals surface area contributed by atoms with Crippen molar-refractivity contribution in [3.8, 4) is 11.5 Å². The zero-order chi connectivity index (χ0) is 30.4. The van der Waals surface area contributed by atoms with Gasteiger partial charge in [-0.25, -0.2) is 9.59 Å². The molecule has 6 nitrogen and oxygen atoms in total. The van der Waals surface area contributed by atoms with Crippen LogP contribution in [-0.4, -0.2) is 26.5 Å². The van der Waals surface area contributed by atoms with Crippen LogP contribution in [0.2, 0.25) is 0 Å². The van der Waals surface area contributed by atoms with E-state index in [1.807, 2.05) is 72.7 Å². The van der Waals surface area contributed by atoms with Gasteiger partial charge >= 0.3 is 12.3 Å². The second kappa shape index (κ2) is 21.2. The quantitative estimate of drug-likeness (QED) is 0.242. The number of carbonyl (C=O) groups is 2. The largest absolute Gasteiger partial charge is 0.513 e. The SMILES string of the molecule is CC.CC.CC.COC(=O)Oc1ccc(C(C)(C)c2ccc(C)cc2)cc1.COC(=O)Oc1cccc(C)c1. The van der Waals surface area contributed by atoms with Crippen molar-refractivity contribution in [1.82, 2.24) is 0 Å². The van der Waals surface area contributed by atoms with Crippen LogP contribution in [0.25, 0.3) is 0 Å². The third kappa shape index (κ3) is 14.1. The molecule has 3 aromatic carbocycles. The van der Waals surface area contributed by atoms with Gasteiger partial charge in [-0.1, -0.05) is 109 Å². The van der Waals surface area contributed by atoms with Gasteiger partial charge in [0.05, 0.1) is 14.2 Å². The Labute approximate surface area is 236 Å². The molecular weight excluding hydrogens is 492 g/mol. The van der Waals surface area contributed by atoms with Crippen LogP contribution in [0.3, 0.4) is 0 Å². The monoisotopic (exact) mass is 540 g/mol. The number of ether oxygens (including phenoxy) is 4. The van der Waals surface area contributed by atoms with Gasteiger partial charge in [0.2, 0.25) is 0 Å². The maximum absolute atomic E-state index is 11.1. The third-order valence-electron chi connectivity index (χ3n) is 5.07. The van der Waals surface area contributed by atoms with Crippen LogP contribution in [0.1, 0.15) is 77.6 Å². The Bertz CT molecular complexity index is 1050. The van der Waals surface area contributed by atoms with Crippen molar-refractivity contribution in [2.75, 3.05) is 14.2 Å². The zero-order valence-corrected chi connectivity index (χ0v) is 25.9. The molecule has 0 heterocycles. The third-order valence-corrected chi connectivity index (χ3v) is 5.07. The second-order valence-corrected chi connectivity index (χ2v) is 7.94. The molecule has 0 fully saturated rings.